The number of unbranched alkanes of at least 4 members (excludes halogenated alkanes) is 9. The summed E-state index contributed by atoms with van der Waals surface area (Å²) in [5.74, 6) is -0.0284. The fourth-order valence-corrected chi connectivity index (χ4v) is 3.93. The minimum absolute atomic E-state index is 0.0284. The molecule has 0 aliphatic carbocycles. The van der Waals surface area contributed by atoms with Crippen LogP contribution in [-0.4, -0.2) is 57.3 Å². The summed E-state index contributed by atoms with van der Waals surface area (Å²) in [6, 6.07) is -0.310. The molecule has 0 aliphatic heterocycles. The number of nitrogens with zero attached hydrogens (tertiary/aromatic N) is 1. The van der Waals surface area contributed by atoms with Gasteiger partial charge in [-0.05, 0) is 12.8 Å². The first-order valence-electron chi connectivity index (χ1n) is 12.3. The molecule has 1 amide bonds. The number of carbonyl (C=O) groups is 1. The van der Waals surface area contributed by atoms with E-state index in [9.17, 15) is 14.3 Å². The molecule has 0 bridgehead atoms. The lowest BCUT2D eigenvalue weighted by molar-refractivity contribution is -0.870. The Hall–Kier alpha value is -0.460. The van der Waals surface area contributed by atoms with Crippen molar-refractivity contribution in [3.8, 4) is 0 Å². The van der Waals surface area contributed by atoms with E-state index in [4.69, 9.17) is 9.05 Å². The summed E-state index contributed by atoms with van der Waals surface area (Å²) in [7, 11) is 1.52. The molecule has 0 rings (SSSR count). The van der Waals surface area contributed by atoms with Crippen LogP contribution in [0.4, 0.5) is 0 Å². The molecule has 1 unspecified atom stereocenters. The van der Waals surface area contributed by atoms with Crippen LogP contribution in [0.5, 0.6) is 0 Å². The number of hydrogen-bond acceptors (Lipinski definition) is 5. The van der Waals surface area contributed by atoms with Gasteiger partial charge in [-0.15, -0.1) is 0 Å². The Bertz CT molecular complexity index is 497. The summed E-state index contributed by atoms with van der Waals surface area (Å²) >= 11 is 0. The van der Waals surface area contributed by atoms with Crippen molar-refractivity contribution in [2.24, 2.45) is 0 Å². The van der Waals surface area contributed by atoms with Crippen LogP contribution in [0.15, 0.2) is 0 Å². The third-order valence-corrected chi connectivity index (χ3v) is 6.19. The zero-order valence-corrected chi connectivity index (χ0v) is 21.7. The fourth-order valence-electron chi connectivity index (χ4n) is 3.19. The van der Waals surface area contributed by atoms with Crippen molar-refractivity contribution in [2.75, 3.05) is 40.9 Å². The van der Waals surface area contributed by atoms with Crippen molar-refractivity contribution < 1.29 is 27.8 Å². The lowest BCUT2D eigenvalue weighted by atomic mass is 10.1. The second-order valence-corrected chi connectivity index (χ2v) is 11.0. The first kappa shape index (κ1) is 30.5. The molecule has 8 heteroatoms. The van der Waals surface area contributed by atoms with Crippen molar-refractivity contribution in [3.05, 3.63) is 0 Å². The van der Waals surface area contributed by atoms with E-state index < -0.39 is 7.82 Å². The highest BCUT2D eigenvalue weighted by Crippen LogP contribution is 2.38. The zero-order valence-electron chi connectivity index (χ0n) is 20.8. The van der Waals surface area contributed by atoms with Crippen molar-refractivity contribution in [3.63, 3.8) is 0 Å². The van der Waals surface area contributed by atoms with Crippen molar-refractivity contribution in [1.29, 1.82) is 0 Å². The zero-order chi connectivity index (χ0) is 23.6. The minimum atomic E-state index is -4.36. The molecule has 2 atom stereocenters. The van der Waals surface area contributed by atoms with Crippen LogP contribution in [0, 0.1) is 0 Å². The fraction of sp³-hybridized carbons (Fsp3) is 0.957. The van der Waals surface area contributed by atoms with Gasteiger partial charge in [0.2, 0.25) is 5.91 Å². The lowest BCUT2D eigenvalue weighted by Crippen LogP contribution is -2.39. The van der Waals surface area contributed by atoms with Gasteiger partial charge in [-0.25, -0.2) is 0 Å². The highest BCUT2D eigenvalue weighted by Gasteiger charge is 2.18. The van der Waals surface area contributed by atoms with E-state index in [0.29, 0.717) is 23.9 Å². The van der Waals surface area contributed by atoms with Gasteiger partial charge in [0.1, 0.15) is 13.2 Å². The summed E-state index contributed by atoms with van der Waals surface area (Å²) < 4.78 is 22.6. The number of rotatable bonds is 21. The van der Waals surface area contributed by atoms with E-state index in [1.54, 1.807) is 0 Å². The van der Waals surface area contributed by atoms with Crippen molar-refractivity contribution >= 4 is 13.7 Å². The van der Waals surface area contributed by atoms with Crippen LogP contribution in [0.25, 0.3) is 0 Å². The van der Waals surface area contributed by atoms with Crippen molar-refractivity contribution in [2.45, 2.75) is 103 Å². The molecule has 31 heavy (non-hydrogen) atoms. The Balaban J connectivity index is 4.14. The van der Waals surface area contributed by atoms with Crippen LogP contribution in [0.3, 0.4) is 0 Å². The maximum Gasteiger partial charge on any atom is 0.268 e. The van der Waals surface area contributed by atoms with E-state index >= 15 is 0 Å². The van der Waals surface area contributed by atoms with Crippen LogP contribution >= 0.6 is 7.82 Å². The van der Waals surface area contributed by atoms with Gasteiger partial charge in [0.05, 0.1) is 33.8 Å². The predicted octanol–water partition coefficient (Wildman–Crippen LogP) is 4.79. The minimum Gasteiger partial charge on any atom is -0.756 e. The monoisotopic (exact) mass is 464 g/mol. The largest absolute Gasteiger partial charge is 0.756 e. The van der Waals surface area contributed by atoms with E-state index in [2.05, 4.69) is 19.2 Å². The summed E-state index contributed by atoms with van der Waals surface area (Å²) in [5.41, 5.74) is 0. The Labute approximate surface area is 191 Å². The van der Waals surface area contributed by atoms with Crippen LogP contribution in [0.2, 0.25) is 0 Å². The quantitative estimate of drug-likeness (QED) is 0.150. The molecule has 1 N–H and O–H groups in total. The maximum atomic E-state index is 12.3. The second-order valence-electron chi connectivity index (χ2n) is 9.58. The number of carbonyl (C=O) groups excluding carboxylic acids is 1. The topological polar surface area (TPSA) is 87.7 Å². The summed E-state index contributed by atoms with van der Waals surface area (Å²) in [6.07, 6.45) is 13.9. The van der Waals surface area contributed by atoms with Gasteiger partial charge >= 0.3 is 0 Å². The molecule has 0 aromatic carbocycles. The van der Waals surface area contributed by atoms with E-state index in [-0.39, 0.29) is 25.2 Å². The van der Waals surface area contributed by atoms with Crippen LogP contribution in [-0.2, 0) is 18.4 Å². The van der Waals surface area contributed by atoms with Gasteiger partial charge < -0.3 is 23.7 Å². The number of quaternary nitrogens is 1. The van der Waals surface area contributed by atoms with E-state index in [1.807, 2.05) is 21.1 Å². The average Bonchev–Trinajstić information content (AvgIpc) is 2.67. The Morgan fingerprint density at radius 3 is 2.00 bits per heavy atom. The number of nitrogens with one attached hydrogen (secondary N) is 1. The molecule has 0 heterocycles. The Kier molecular flexibility index (Phi) is 17.8. The van der Waals surface area contributed by atoms with Gasteiger partial charge in [0, 0.05) is 6.42 Å². The Morgan fingerprint density at radius 2 is 1.45 bits per heavy atom. The molecule has 0 aromatic heterocycles. The van der Waals surface area contributed by atoms with Crippen LogP contribution < -0.4 is 10.2 Å². The molecule has 0 aliphatic rings. The molecule has 0 aromatic rings. The average molecular weight is 465 g/mol. The van der Waals surface area contributed by atoms with E-state index in [1.165, 1.54) is 44.9 Å². The second kappa shape index (κ2) is 18.0. The van der Waals surface area contributed by atoms with E-state index in [0.717, 1.165) is 25.7 Å². The summed E-state index contributed by atoms with van der Waals surface area (Å²) in [6.45, 7) is 4.85. The number of hydrogen-bond donors (Lipinski definition) is 1. The number of likely N-dealkylation sites (N-methyl/N-ethyl adjacent to an activating group) is 1. The van der Waals surface area contributed by atoms with Gasteiger partial charge in [0.25, 0.3) is 7.82 Å². The maximum absolute atomic E-state index is 12.3. The van der Waals surface area contributed by atoms with Gasteiger partial charge in [-0.3, -0.25) is 9.36 Å². The third-order valence-electron chi connectivity index (χ3n) is 5.22. The molecule has 0 saturated heterocycles. The molecule has 0 saturated carbocycles. The lowest BCUT2D eigenvalue weighted by Gasteiger charge is -2.28. The molecule has 0 spiro atoms. The number of amides is 1. The summed E-state index contributed by atoms with van der Waals surface area (Å²) in [5, 5.41) is 2.95. The molecule has 186 valence electrons. The van der Waals surface area contributed by atoms with Crippen molar-refractivity contribution in [1.82, 2.24) is 5.32 Å². The third kappa shape index (κ3) is 21.2. The van der Waals surface area contributed by atoms with Gasteiger partial charge in [0.15, 0.2) is 0 Å². The van der Waals surface area contributed by atoms with Crippen LogP contribution in [0.1, 0.15) is 97.3 Å². The first-order chi connectivity index (χ1) is 14.6. The molecule has 0 radical (unpaired) electrons. The number of phosphoric acid groups is 1. The number of phosphoric ester groups is 1. The predicted molar refractivity (Wildman–Crippen MR) is 126 cm³/mol. The smallest absolute Gasteiger partial charge is 0.268 e. The molecule has 7 nitrogen and oxygen atoms in total. The standard InChI is InChI=1S/C23H49N2O5P/c1-6-8-10-11-12-13-14-15-16-18-23(26)24-22(17-9-7-2)21-30-31(27,28)29-20-19-25(3,4)5/h22H,6-21H2,1-5H3,(H-,24,26,27,28)/t22-/m0/s1. The summed E-state index contributed by atoms with van der Waals surface area (Å²) in [4.78, 5) is 24.3. The van der Waals surface area contributed by atoms with Gasteiger partial charge in [-0.2, -0.15) is 0 Å². The normalized spacial score (nSPS) is 14.9. The Morgan fingerprint density at radius 1 is 0.903 bits per heavy atom. The highest BCUT2D eigenvalue weighted by atomic mass is 31.2. The van der Waals surface area contributed by atoms with Gasteiger partial charge in [-0.1, -0.05) is 78.1 Å². The first-order valence-corrected chi connectivity index (χ1v) is 13.8. The SMILES string of the molecule is CCCCCCCCCCCC(=O)N[C@@H](CCCC)COP(=O)([O-])OCC[N+](C)(C)C. The molecular formula is C23H49N2O5P. The highest BCUT2D eigenvalue weighted by molar-refractivity contribution is 7.45. The molecule has 0 fully saturated rings. The molecular weight excluding hydrogens is 415 g/mol.